The summed E-state index contributed by atoms with van der Waals surface area (Å²) < 4.78 is 54.0. The van der Waals surface area contributed by atoms with Crippen molar-refractivity contribution in [2.24, 2.45) is 5.16 Å². The number of aliphatic carboxylic acids is 1. The number of amides is 1. The highest BCUT2D eigenvalue weighted by molar-refractivity contribution is 6.30. The number of anilines is 2. The summed E-state index contributed by atoms with van der Waals surface area (Å²) >= 11 is 6.20. The largest absolute Gasteiger partial charge is 0.573 e. The maximum atomic E-state index is 14.3. The Hall–Kier alpha value is -4.65. The van der Waals surface area contributed by atoms with E-state index < -0.39 is 35.6 Å². The van der Waals surface area contributed by atoms with Crippen LogP contribution in [0.5, 0.6) is 17.2 Å². The van der Waals surface area contributed by atoms with Gasteiger partial charge in [0.25, 0.3) is 5.91 Å². The van der Waals surface area contributed by atoms with Crippen molar-refractivity contribution in [3.8, 4) is 17.2 Å². The first-order valence-electron chi connectivity index (χ1n) is 13.6. The van der Waals surface area contributed by atoms with Gasteiger partial charge in [-0.05, 0) is 63.1 Å². The van der Waals surface area contributed by atoms with E-state index >= 15 is 0 Å². The van der Waals surface area contributed by atoms with Gasteiger partial charge in [0, 0.05) is 40.5 Å². The number of ether oxygens (including phenoxy) is 3. The second-order valence-corrected chi connectivity index (χ2v) is 11.0. The average Bonchev–Trinajstić information content (AvgIpc) is 3.40. The molecule has 4 rings (SSSR count). The number of carboxylic acid groups (broad SMARTS) is 1. The van der Waals surface area contributed by atoms with Crippen molar-refractivity contribution in [1.82, 2.24) is 0 Å². The first kappa shape index (κ1) is 33.2. The van der Waals surface area contributed by atoms with Gasteiger partial charge in [-0.3, -0.25) is 4.79 Å². The van der Waals surface area contributed by atoms with Gasteiger partial charge in [-0.1, -0.05) is 28.9 Å². The van der Waals surface area contributed by atoms with Crippen LogP contribution in [0.4, 0.5) is 24.5 Å². The summed E-state index contributed by atoms with van der Waals surface area (Å²) in [6.07, 6.45) is -4.48. The topological polar surface area (TPSA) is 119 Å². The van der Waals surface area contributed by atoms with E-state index in [1.807, 2.05) is 0 Å². The van der Waals surface area contributed by atoms with E-state index in [-0.39, 0.29) is 12.2 Å². The summed E-state index contributed by atoms with van der Waals surface area (Å²) in [6.45, 7) is 4.54. The second-order valence-electron chi connectivity index (χ2n) is 10.6. The van der Waals surface area contributed by atoms with Gasteiger partial charge in [-0.2, -0.15) is 0 Å². The number of oxime groups is 1. The van der Waals surface area contributed by atoms with E-state index in [1.54, 1.807) is 43.3 Å². The van der Waals surface area contributed by atoms with Crippen molar-refractivity contribution in [3.05, 3.63) is 76.3 Å². The number of methoxy groups -OCH3 is 2. The number of benzene rings is 3. The van der Waals surface area contributed by atoms with Crippen LogP contribution in [0.15, 0.2) is 59.8 Å². The minimum atomic E-state index is -4.90. The fourth-order valence-electron chi connectivity index (χ4n) is 4.59. The van der Waals surface area contributed by atoms with Crippen LogP contribution in [-0.2, 0) is 20.8 Å². The predicted molar refractivity (Wildman–Crippen MR) is 162 cm³/mol. The van der Waals surface area contributed by atoms with Gasteiger partial charge in [-0.15, -0.1) is 13.2 Å². The van der Waals surface area contributed by atoms with Crippen molar-refractivity contribution >= 4 is 40.6 Å². The molecule has 10 nitrogen and oxygen atoms in total. The van der Waals surface area contributed by atoms with Crippen molar-refractivity contribution in [3.63, 3.8) is 0 Å². The molecule has 240 valence electrons. The highest BCUT2D eigenvalue weighted by atomic mass is 35.5. The quantitative estimate of drug-likeness (QED) is 0.176. The molecular formula is C31H31ClF3N3O7. The Kier molecular flexibility index (Phi) is 9.71. The smallest absolute Gasteiger partial charge is 0.497 e. The standard InChI is InChI=1S/C31H31ClF3N3O7/c1-17(37-45-30(2,3)29(40)41)19-12-21(15-23(13-19)42-4)36-27(24-9-7-20(32)14-26(24)43-5)28(39)38-11-10-18-6-8-22(16-25(18)38)44-31(33,34)35/h6-9,12-16,27,36H,10-11H2,1-5H3,(H,40,41). The van der Waals surface area contributed by atoms with Crippen LogP contribution in [0, 0.1) is 0 Å². The number of hydrogen-bond donors (Lipinski definition) is 2. The summed E-state index contributed by atoms with van der Waals surface area (Å²) in [5.41, 5.74) is 1.01. The number of alkyl halides is 3. The van der Waals surface area contributed by atoms with Crippen molar-refractivity contribution in [1.29, 1.82) is 0 Å². The van der Waals surface area contributed by atoms with E-state index in [0.717, 1.165) is 0 Å². The van der Waals surface area contributed by atoms with E-state index in [1.165, 1.54) is 51.2 Å². The molecule has 14 heteroatoms. The Morgan fingerprint density at radius 1 is 1.02 bits per heavy atom. The molecule has 0 bridgehead atoms. The molecule has 0 aromatic heterocycles. The van der Waals surface area contributed by atoms with E-state index in [9.17, 15) is 27.9 Å². The Bertz CT molecular complexity index is 1630. The summed E-state index contributed by atoms with van der Waals surface area (Å²) in [4.78, 5) is 32.4. The molecule has 45 heavy (non-hydrogen) atoms. The Labute approximate surface area is 262 Å². The zero-order valence-electron chi connectivity index (χ0n) is 25.0. The third-order valence-electron chi connectivity index (χ3n) is 7.00. The molecule has 0 spiro atoms. The minimum Gasteiger partial charge on any atom is -0.497 e. The fourth-order valence-corrected chi connectivity index (χ4v) is 4.75. The number of nitrogens with one attached hydrogen (secondary N) is 1. The Balaban J connectivity index is 1.76. The van der Waals surface area contributed by atoms with Gasteiger partial charge in [0.15, 0.2) is 0 Å². The number of fused-ring (bicyclic) bond motifs is 1. The molecule has 0 radical (unpaired) electrons. The van der Waals surface area contributed by atoms with Gasteiger partial charge in [-0.25, -0.2) is 4.79 Å². The number of carbonyl (C=O) groups excluding carboxylic acids is 1. The third-order valence-corrected chi connectivity index (χ3v) is 7.24. The van der Waals surface area contributed by atoms with Crippen LogP contribution in [0.1, 0.15) is 43.5 Å². The Morgan fingerprint density at radius 2 is 1.76 bits per heavy atom. The van der Waals surface area contributed by atoms with Crippen LogP contribution >= 0.6 is 11.6 Å². The van der Waals surface area contributed by atoms with Gasteiger partial charge >= 0.3 is 12.3 Å². The highest BCUT2D eigenvalue weighted by Gasteiger charge is 2.36. The molecule has 1 aliphatic heterocycles. The number of carboxylic acids is 1. The number of carbonyl (C=O) groups is 2. The summed E-state index contributed by atoms with van der Waals surface area (Å²) in [5, 5.41) is 16.9. The molecule has 1 aliphatic rings. The molecule has 1 unspecified atom stereocenters. The number of nitrogens with zero attached hydrogens (tertiary/aromatic N) is 2. The molecule has 1 amide bonds. The summed E-state index contributed by atoms with van der Waals surface area (Å²) in [6, 6.07) is 12.5. The molecule has 0 saturated carbocycles. The maximum Gasteiger partial charge on any atom is 0.573 e. The van der Waals surface area contributed by atoms with Crippen LogP contribution in [0.2, 0.25) is 5.02 Å². The van der Waals surface area contributed by atoms with E-state index in [0.29, 0.717) is 51.0 Å². The zero-order chi connectivity index (χ0) is 33.1. The highest BCUT2D eigenvalue weighted by Crippen LogP contribution is 2.38. The first-order valence-corrected chi connectivity index (χ1v) is 14.0. The van der Waals surface area contributed by atoms with Crippen LogP contribution in [0.3, 0.4) is 0 Å². The fraction of sp³-hybridized carbons (Fsp3) is 0.323. The number of halogens is 4. The SMILES string of the molecule is COc1cc(NC(C(=O)N2CCc3ccc(OC(F)(F)F)cc32)c2ccc(Cl)cc2OC)cc(C(C)=NOC(C)(C)C(=O)O)c1. The minimum absolute atomic E-state index is 0.212. The van der Waals surface area contributed by atoms with Crippen molar-refractivity contribution < 1.29 is 46.9 Å². The number of rotatable bonds is 11. The number of hydrogen-bond acceptors (Lipinski definition) is 8. The van der Waals surface area contributed by atoms with E-state index in [2.05, 4.69) is 15.2 Å². The van der Waals surface area contributed by atoms with E-state index in [4.69, 9.17) is 25.9 Å². The second kappa shape index (κ2) is 13.1. The van der Waals surface area contributed by atoms with Crippen molar-refractivity contribution in [2.45, 2.75) is 45.2 Å². The lowest BCUT2D eigenvalue weighted by Crippen LogP contribution is -2.37. The molecule has 1 heterocycles. The molecule has 2 N–H and O–H groups in total. The lowest BCUT2D eigenvalue weighted by molar-refractivity contribution is -0.274. The van der Waals surface area contributed by atoms with Gasteiger partial charge in [0.2, 0.25) is 5.60 Å². The van der Waals surface area contributed by atoms with Gasteiger partial charge < -0.3 is 34.4 Å². The maximum absolute atomic E-state index is 14.3. The normalized spacial score (nSPS) is 14.0. The molecular weight excluding hydrogens is 619 g/mol. The van der Waals surface area contributed by atoms with Crippen LogP contribution in [0.25, 0.3) is 0 Å². The van der Waals surface area contributed by atoms with Crippen molar-refractivity contribution in [2.75, 3.05) is 31.0 Å². The van der Waals surface area contributed by atoms with Crippen LogP contribution < -0.4 is 24.4 Å². The molecule has 1 atom stereocenters. The predicted octanol–water partition coefficient (Wildman–Crippen LogP) is 6.60. The van der Waals surface area contributed by atoms with Gasteiger partial charge in [0.1, 0.15) is 23.3 Å². The molecule has 0 saturated heterocycles. The molecule has 3 aromatic rings. The lowest BCUT2D eigenvalue weighted by Gasteiger charge is -2.27. The lowest BCUT2D eigenvalue weighted by atomic mass is 10.0. The third kappa shape index (κ3) is 7.90. The van der Waals surface area contributed by atoms with Gasteiger partial charge in [0.05, 0.1) is 25.6 Å². The Morgan fingerprint density at radius 3 is 2.40 bits per heavy atom. The molecule has 0 aliphatic carbocycles. The molecule has 3 aromatic carbocycles. The summed E-state index contributed by atoms with van der Waals surface area (Å²) in [5.74, 6) is -1.45. The summed E-state index contributed by atoms with van der Waals surface area (Å²) in [7, 11) is 2.87. The zero-order valence-corrected chi connectivity index (χ0v) is 25.7. The average molecular weight is 650 g/mol. The molecule has 0 fully saturated rings. The first-order chi connectivity index (χ1) is 21.1. The monoisotopic (exact) mass is 649 g/mol. The van der Waals surface area contributed by atoms with Crippen LogP contribution in [-0.4, -0.2) is 55.4 Å².